The Bertz CT molecular complexity index is 1000. The minimum Gasteiger partial charge on any atom is -0.378 e. The number of nitrogens with zero attached hydrogens (tertiary/aromatic N) is 1. The second-order valence-electron chi connectivity index (χ2n) is 7.56. The topological polar surface area (TPSA) is 70.7 Å². The van der Waals surface area contributed by atoms with E-state index in [4.69, 9.17) is 4.74 Å². The molecule has 0 bridgehead atoms. The first-order valence-corrected chi connectivity index (χ1v) is 10.1. The van der Waals surface area contributed by atoms with E-state index < -0.39 is 17.6 Å². The number of carbonyl (C=O) groups excluding carboxylic acids is 2. The molecule has 164 valence electrons. The number of ether oxygens (including phenoxy) is 1. The standard InChI is InChI=1S/C22H22F3N3O3/c23-22(24,25)16-5-7-19(28-8-10-31-11-9-28)18(13-16)27-21(30)15-4-6-17-14(12-15)2-1-3-20(29)26-17/h4-7,12-13H,1-3,8-11H2,(H,26,29)(H,27,30). The van der Waals surface area contributed by atoms with Gasteiger partial charge in [0.25, 0.3) is 5.91 Å². The second kappa shape index (κ2) is 8.58. The van der Waals surface area contributed by atoms with Crippen molar-refractivity contribution in [3.8, 4) is 0 Å². The number of halogens is 3. The molecule has 2 heterocycles. The number of alkyl halides is 3. The molecule has 0 atom stereocenters. The average Bonchev–Trinajstić information content (AvgIpc) is 2.93. The number of amides is 2. The molecule has 0 unspecified atom stereocenters. The molecule has 2 aliphatic rings. The molecule has 2 aliphatic heterocycles. The van der Waals surface area contributed by atoms with E-state index in [0.717, 1.165) is 17.7 Å². The van der Waals surface area contributed by atoms with E-state index in [1.54, 1.807) is 18.2 Å². The maximum Gasteiger partial charge on any atom is 0.416 e. The van der Waals surface area contributed by atoms with Crippen LogP contribution in [0.1, 0.15) is 34.3 Å². The second-order valence-corrected chi connectivity index (χ2v) is 7.56. The number of anilines is 3. The highest BCUT2D eigenvalue weighted by molar-refractivity contribution is 6.06. The highest BCUT2D eigenvalue weighted by Crippen LogP contribution is 2.36. The summed E-state index contributed by atoms with van der Waals surface area (Å²) in [6.45, 7) is 1.97. The highest BCUT2D eigenvalue weighted by Gasteiger charge is 2.32. The third-order valence-corrected chi connectivity index (χ3v) is 5.42. The molecule has 1 saturated heterocycles. The van der Waals surface area contributed by atoms with Gasteiger partial charge in [0.2, 0.25) is 5.91 Å². The molecule has 9 heteroatoms. The van der Waals surface area contributed by atoms with Crippen LogP contribution in [0, 0.1) is 0 Å². The lowest BCUT2D eigenvalue weighted by Crippen LogP contribution is -2.36. The molecule has 2 N–H and O–H groups in total. The minimum absolute atomic E-state index is 0.0740. The van der Waals surface area contributed by atoms with E-state index >= 15 is 0 Å². The summed E-state index contributed by atoms with van der Waals surface area (Å²) in [5, 5.41) is 5.46. The van der Waals surface area contributed by atoms with Gasteiger partial charge in [-0.15, -0.1) is 0 Å². The number of carbonyl (C=O) groups is 2. The van der Waals surface area contributed by atoms with Gasteiger partial charge < -0.3 is 20.3 Å². The van der Waals surface area contributed by atoms with E-state index in [1.807, 2.05) is 4.90 Å². The summed E-state index contributed by atoms with van der Waals surface area (Å²) in [7, 11) is 0. The molecule has 6 nitrogen and oxygen atoms in total. The monoisotopic (exact) mass is 433 g/mol. The van der Waals surface area contributed by atoms with Crippen LogP contribution in [0.5, 0.6) is 0 Å². The summed E-state index contributed by atoms with van der Waals surface area (Å²) >= 11 is 0. The van der Waals surface area contributed by atoms with Crippen LogP contribution in [0.15, 0.2) is 36.4 Å². The number of fused-ring (bicyclic) bond motifs is 1. The Balaban J connectivity index is 1.63. The Kier molecular flexibility index (Phi) is 5.86. The number of morpholine rings is 1. The zero-order valence-corrected chi connectivity index (χ0v) is 16.7. The van der Waals surface area contributed by atoms with Crippen LogP contribution in [-0.2, 0) is 22.1 Å². The highest BCUT2D eigenvalue weighted by atomic mass is 19.4. The van der Waals surface area contributed by atoms with Crippen LogP contribution in [0.3, 0.4) is 0 Å². The molecule has 0 saturated carbocycles. The molecule has 0 aliphatic carbocycles. The fourth-order valence-electron chi connectivity index (χ4n) is 3.80. The quantitative estimate of drug-likeness (QED) is 0.766. The van der Waals surface area contributed by atoms with Crippen molar-refractivity contribution >= 4 is 28.9 Å². The van der Waals surface area contributed by atoms with Crippen LogP contribution in [0.2, 0.25) is 0 Å². The van der Waals surface area contributed by atoms with Gasteiger partial charge in [0, 0.05) is 30.8 Å². The van der Waals surface area contributed by atoms with Gasteiger partial charge in [-0.25, -0.2) is 0 Å². The van der Waals surface area contributed by atoms with Crippen molar-refractivity contribution in [2.75, 3.05) is 41.8 Å². The predicted molar refractivity (Wildman–Crippen MR) is 110 cm³/mol. The van der Waals surface area contributed by atoms with Crippen LogP contribution < -0.4 is 15.5 Å². The molecule has 2 aromatic carbocycles. The third kappa shape index (κ3) is 4.82. The van der Waals surface area contributed by atoms with Gasteiger partial charge in [0.1, 0.15) is 0 Å². The fraction of sp³-hybridized carbons (Fsp3) is 0.364. The van der Waals surface area contributed by atoms with E-state index in [1.165, 1.54) is 6.07 Å². The number of nitrogens with one attached hydrogen (secondary N) is 2. The van der Waals surface area contributed by atoms with Gasteiger partial charge in [-0.3, -0.25) is 9.59 Å². The Morgan fingerprint density at radius 1 is 1.06 bits per heavy atom. The Labute approximate surface area is 177 Å². The zero-order chi connectivity index (χ0) is 22.0. The molecular formula is C22H22F3N3O3. The number of aryl methyl sites for hydroxylation is 1. The van der Waals surface area contributed by atoms with E-state index in [2.05, 4.69) is 10.6 Å². The number of hydrogen-bond acceptors (Lipinski definition) is 4. The third-order valence-electron chi connectivity index (χ3n) is 5.42. The summed E-state index contributed by atoms with van der Waals surface area (Å²) in [6, 6.07) is 8.26. The first-order valence-electron chi connectivity index (χ1n) is 10.1. The Morgan fingerprint density at radius 2 is 1.84 bits per heavy atom. The van der Waals surface area contributed by atoms with Gasteiger partial charge in [-0.1, -0.05) is 0 Å². The van der Waals surface area contributed by atoms with Crippen molar-refractivity contribution in [2.24, 2.45) is 0 Å². The van der Waals surface area contributed by atoms with E-state index in [0.29, 0.717) is 62.5 Å². The summed E-state index contributed by atoms with van der Waals surface area (Å²) in [4.78, 5) is 26.5. The van der Waals surface area contributed by atoms with Gasteiger partial charge in [0.15, 0.2) is 0 Å². The lowest BCUT2D eigenvalue weighted by Gasteiger charge is -2.31. The molecule has 2 aromatic rings. The fourth-order valence-corrected chi connectivity index (χ4v) is 3.80. The van der Waals surface area contributed by atoms with E-state index in [-0.39, 0.29) is 11.6 Å². The maximum absolute atomic E-state index is 13.3. The van der Waals surface area contributed by atoms with Crippen molar-refractivity contribution in [2.45, 2.75) is 25.4 Å². The van der Waals surface area contributed by atoms with Crippen LogP contribution in [0.4, 0.5) is 30.2 Å². The Hall–Kier alpha value is -3.07. The largest absolute Gasteiger partial charge is 0.416 e. The minimum atomic E-state index is -4.52. The zero-order valence-electron chi connectivity index (χ0n) is 16.7. The van der Waals surface area contributed by atoms with Crippen LogP contribution >= 0.6 is 0 Å². The van der Waals surface area contributed by atoms with Crippen LogP contribution in [-0.4, -0.2) is 38.1 Å². The lowest BCUT2D eigenvalue weighted by atomic mass is 10.0. The van der Waals surface area contributed by atoms with Gasteiger partial charge in [0.05, 0.1) is 30.2 Å². The van der Waals surface area contributed by atoms with Gasteiger partial charge in [-0.2, -0.15) is 13.2 Å². The molecule has 2 amide bonds. The molecule has 31 heavy (non-hydrogen) atoms. The van der Waals surface area contributed by atoms with Crippen molar-refractivity contribution in [3.05, 3.63) is 53.1 Å². The maximum atomic E-state index is 13.3. The molecule has 0 radical (unpaired) electrons. The molecule has 0 spiro atoms. The summed E-state index contributed by atoms with van der Waals surface area (Å²) in [5.41, 5.74) is 1.60. The Morgan fingerprint density at radius 3 is 2.58 bits per heavy atom. The number of rotatable bonds is 3. The molecular weight excluding hydrogens is 411 g/mol. The smallest absolute Gasteiger partial charge is 0.378 e. The summed E-state index contributed by atoms with van der Waals surface area (Å²) in [6.07, 6.45) is -2.81. The molecule has 1 fully saturated rings. The van der Waals surface area contributed by atoms with Crippen LogP contribution in [0.25, 0.3) is 0 Å². The average molecular weight is 433 g/mol. The van der Waals surface area contributed by atoms with Crippen molar-refractivity contribution in [3.63, 3.8) is 0 Å². The van der Waals surface area contributed by atoms with Crippen molar-refractivity contribution in [1.82, 2.24) is 0 Å². The van der Waals surface area contributed by atoms with Crippen molar-refractivity contribution in [1.29, 1.82) is 0 Å². The van der Waals surface area contributed by atoms with Gasteiger partial charge in [-0.05, 0) is 54.8 Å². The first kappa shape index (κ1) is 21.2. The van der Waals surface area contributed by atoms with Crippen molar-refractivity contribution < 1.29 is 27.5 Å². The molecule has 0 aromatic heterocycles. The lowest BCUT2D eigenvalue weighted by molar-refractivity contribution is -0.137. The number of benzene rings is 2. The first-order chi connectivity index (χ1) is 14.8. The predicted octanol–water partition coefficient (Wildman–Crippen LogP) is 4.07. The summed E-state index contributed by atoms with van der Waals surface area (Å²) in [5.74, 6) is -0.581. The summed E-state index contributed by atoms with van der Waals surface area (Å²) < 4.78 is 45.2. The SMILES string of the molecule is O=C1CCCc2cc(C(=O)Nc3cc(C(F)(F)F)ccc3N3CCOCC3)ccc2N1. The van der Waals surface area contributed by atoms with E-state index in [9.17, 15) is 22.8 Å². The molecule has 4 rings (SSSR count). The van der Waals surface area contributed by atoms with Gasteiger partial charge >= 0.3 is 6.18 Å². The normalized spacial score (nSPS) is 16.9. The number of hydrogen-bond donors (Lipinski definition) is 2.